The molecule has 1 aliphatic carbocycles. The number of fused-ring (bicyclic) bond motifs is 1. The lowest BCUT2D eigenvalue weighted by atomic mass is 10.1. The highest BCUT2D eigenvalue weighted by molar-refractivity contribution is 5.82. The zero-order valence-electron chi connectivity index (χ0n) is 19.7. The average Bonchev–Trinajstić information content (AvgIpc) is 3.64. The standard InChI is InChI=1S/C27H29N7O/c28-25-15-21(6-8-30-25)20-3-4-23-24(14-20)32-26(31-23)16-22-13-18(5-7-29-22)17-33-9-11-34(12-10-33)27(35)19-1-2-19/h3-8,13-15,19H,1-2,9-12,16-17H2,(H2,28,30)(H,31,32). The Morgan fingerprint density at radius 3 is 2.57 bits per heavy atom. The van der Waals surface area contributed by atoms with Crippen LogP contribution in [0, 0.1) is 5.92 Å². The van der Waals surface area contributed by atoms with E-state index in [1.165, 1.54) is 5.56 Å². The van der Waals surface area contributed by atoms with E-state index in [0.29, 0.717) is 24.1 Å². The van der Waals surface area contributed by atoms with Crippen LogP contribution in [0.5, 0.6) is 0 Å². The van der Waals surface area contributed by atoms with Crippen molar-refractivity contribution in [3.63, 3.8) is 0 Å². The number of hydrogen-bond donors (Lipinski definition) is 2. The van der Waals surface area contributed by atoms with Gasteiger partial charge in [-0.15, -0.1) is 0 Å². The van der Waals surface area contributed by atoms with Crippen LogP contribution in [0.15, 0.2) is 54.9 Å². The van der Waals surface area contributed by atoms with Gasteiger partial charge in [0.1, 0.15) is 11.6 Å². The first-order valence-corrected chi connectivity index (χ1v) is 12.3. The summed E-state index contributed by atoms with van der Waals surface area (Å²) in [6, 6.07) is 14.2. The summed E-state index contributed by atoms with van der Waals surface area (Å²) in [5.41, 5.74) is 12.1. The van der Waals surface area contributed by atoms with Crippen molar-refractivity contribution in [3.8, 4) is 11.1 Å². The summed E-state index contributed by atoms with van der Waals surface area (Å²) in [6.45, 7) is 4.39. The van der Waals surface area contributed by atoms with Gasteiger partial charge in [-0.25, -0.2) is 9.97 Å². The number of nitrogens with one attached hydrogen (secondary N) is 1. The smallest absolute Gasteiger partial charge is 0.225 e. The highest BCUT2D eigenvalue weighted by Crippen LogP contribution is 2.31. The number of nitrogen functional groups attached to an aromatic ring is 1. The molecule has 6 rings (SSSR count). The molecule has 3 aromatic heterocycles. The van der Waals surface area contributed by atoms with Crippen molar-refractivity contribution in [1.82, 2.24) is 29.7 Å². The predicted octanol–water partition coefficient (Wildman–Crippen LogP) is 3.25. The second kappa shape index (κ2) is 9.11. The second-order valence-electron chi connectivity index (χ2n) is 9.59. The zero-order valence-corrected chi connectivity index (χ0v) is 19.7. The molecule has 1 aromatic carbocycles. The van der Waals surface area contributed by atoms with Gasteiger partial charge in [-0.1, -0.05) is 6.07 Å². The summed E-state index contributed by atoms with van der Waals surface area (Å²) in [5, 5.41) is 0. The maximum absolute atomic E-state index is 12.3. The number of aromatic nitrogens is 4. The number of carbonyl (C=O) groups excluding carboxylic acids is 1. The van der Waals surface area contributed by atoms with Crippen LogP contribution in [0.1, 0.15) is 29.9 Å². The zero-order chi connectivity index (χ0) is 23.8. The van der Waals surface area contributed by atoms with E-state index < -0.39 is 0 Å². The number of H-pyrrole nitrogens is 1. The number of benzene rings is 1. The number of amides is 1. The number of anilines is 1. The number of nitrogens with zero attached hydrogens (tertiary/aromatic N) is 5. The van der Waals surface area contributed by atoms with Gasteiger partial charge in [-0.2, -0.15) is 0 Å². The van der Waals surface area contributed by atoms with Gasteiger partial charge in [-0.3, -0.25) is 14.7 Å². The van der Waals surface area contributed by atoms with E-state index in [-0.39, 0.29) is 0 Å². The van der Waals surface area contributed by atoms with E-state index >= 15 is 0 Å². The Morgan fingerprint density at radius 1 is 0.971 bits per heavy atom. The first kappa shape index (κ1) is 21.7. The molecular weight excluding hydrogens is 438 g/mol. The minimum Gasteiger partial charge on any atom is -0.384 e. The Hall–Kier alpha value is -3.78. The molecule has 2 fully saturated rings. The van der Waals surface area contributed by atoms with E-state index in [1.807, 2.05) is 29.3 Å². The summed E-state index contributed by atoms with van der Waals surface area (Å²) in [6.07, 6.45) is 6.39. The molecule has 3 N–H and O–H groups in total. The highest BCUT2D eigenvalue weighted by atomic mass is 16.2. The number of rotatable bonds is 6. The van der Waals surface area contributed by atoms with Crippen molar-refractivity contribution in [2.45, 2.75) is 25.8 Å². The molecule has 8 heteroatoms. The third-order valence-electron chi connectivity index (χ3n) is 6.89. The SMILES string of the molecule is Nc1cc(-c2ccc3nc(Cc4cc(CN5CCN(C(=O)C6CC6)CC5)ccn4)[nH]c3c2)ccn1. The van der Waals surface area contributed by atoms with Crippen LogP contribution in [0.2, 0.25) is 0 Å². The Kier molecular flexibility index (Phi) is 5.66. The summed E-state index contributed by atoms with van der Waals surface area (Å²) in [5.74, 6) is 2.07. The lowest BCUT2D eigenvalue weighted by Crippen LogP contribution is -2.48. The maximum Gasteiger partial charge on any atom is 0.225 e. The topological polar surface area (TPSA) is 104 Å². The molecule has 0 radical (unpaired) electrons. The monoisotopic (exact) mass is 467 g/mol. The third kappa shape index (κ3) is 4.88. The lowest BCUT2D eigenvalue weighted by Gasteiger charge is -2.35. The van der Waals surface area contributed by atoms with Gasteiger partial charge in [-0.05, 0) is 65.9 Å². The molecule has 4 aromatic rings. The molecule has 178 valence electrons. The summed E-state index contributed by atoms with van der Waals surface area (Å²) >= 11 is 0. The molecule has 2 aliphatic rings. The van der Waals surface area contributed by atoms with Gasteiger partial charge >= 0.3 is 0 Å². The van der Waals surface area contributed by atoms with Crippen molar-refractivity contribution in [3.05, 3.63) is 71.9 Å². The quantitative estimate of drug-likeness (QED) is 0.451. The van der Waals surface area contributed by atoms with E-state index in [0.717, 1.165) is 79.2 Å². The molecule has 1 saturated heterocycles. The molecule has 1 aliphatic heterocycles. The molecule has 1 amide bonds. The van der Waals surface area contributed by atoms with Crippen LogP contribution in [-0.2, 0) is 17.8 Å². The number of imidazole rings is 1. The average molecular weight is 468 g/mol. The summed E-state index contributed by atoms with van der Waals surface area (Å²) in [4.78, 5) is 33.6. The number of pyridine rings is 2. The Morgan fingerprint density at radius 2 is 1.77 bits per heavy atom. The number of nitrogens with two attached hydrogens (primary N) is 1. The van der Waals surface area contributed by atoms with E-state index in [1.54, 1.807) is 6.20 Å². The molecule has 1 saturated carbocycles. The Balaban J connectivity index is 1.11. The van der Waals surface area contributed by atoms with Crippen LogP contribution < -0.4 is 5.73 Å². The predicted molar refractivity (Wildman–Crippen MR) is 135 cm³/mol. The van der Waals surface area contributed by atoms with Crippen LogP contribution in [0.25, 0.3) is 22.2 Å². The highest BCUT2D eigenvalue weighted by Gasteiger charge is 2.34. The molecule has 8 nitrogen and oxygen atoms in total. The van der Waals surface area contributed by atoms with Crippen LogP contribution in [0.3, 0.4) is 0 Å². The van der Waals surface area contributed by atoms with Crippen molar-refractivity contribution in [2.24, 2.45) is 5.92 Å². The van der Waals surface area contributed by atoms with Crippen LogP contribution in [-0.4, -0.2) is 61.8 Å². The molecule has 0 spiro atoms. The van der Waals surface area contributed by atoms with E-state index in [4.69, 9.17) is 10.7 Å². The van der Waals surface area contributed by atoms with Crippen molar-refractivity contribution < 1.29 is 4.79 Å². The van der Waals surface area contributed by atoms with Gasteiger partial charge in [0.05, 0.1) is 11.0 Å². The number of carbonyl (C=O) groups is 1. The van der Waals surface area contributed by atoms with Crippen molar-refractivity contribution >= 4 is 22.8 Å². The molecular formula is C27H29N7O. The first-order valence-electron chi connectivity index (χ1n) is 12.3. The fraction of sp³-hybridized carbons (Fsp3) is 0.333. The fourth-order valence-corrected chi connectivity index (χ4v) is 4.82. The van der Waals surface area contributed by atoms with Gasteiger partial charge < -0.3 is 15.6 Å². The maximum atomic E-state index is 12.3. The minimum absolute atomic E-state index is 0.309. The lowest BCUT2D eigenvalue weighted by molar-refractivity contribution is -0.134. The van der Waals surface area contributed by atoms with Gasteiger partial charge in [0.15, 0.2) is 0 Å². The minimum atomic E-state index is 0.309. The fourth-order valence-electron chi connectivity index (χ4n) is 4.82. The Bertz CT molecular complexity index is 1370. The van der Waals surface area contributed by atoms with E-state index in [9.17, 15) is 4.79 Å². The Labute approximate surface area is 204 Å². The molecule has 4 heterocycles. The van der Waals surface area contributed by atoms with Crippen molar-refractivity contribution in [1.29, 1.82) is 0 Å². The molecule has 35 heavy (non-hydrogen) atoms. The number of aromatic amines is 1. The van der Waals surface area contributed by atoms with E-state index in [2.05, 4.69) is 44.1 Å². The number of piperazine rings is 1. The first-order chi connectivity index (χ1) is 17.1. The normalized spacial score (nSPS) is 16.6. The van der Waals surface area contributed by atoms with Gasteiger partial charge in [0.25, 0.3) is 0 Å². The number of hydrogen-bond acceptors (Lipinski definition) is 6. The second-order valence-corrected chi connectivity index (χ2v) is 9.59. The largest absolute Gasteiger partial charge is 0.384 e. The van der Waals surface area contributed by atoms with Crippen molar-refractivity contribution in [2.75, 3.05) is 31.9 Å². The van der Waals surface area contributed by atoms with Crippen LogP contribution in [0.4, 0.5) is 5.82 Å². The third-order valence-corrected chi connectivity index (χ3v) is 6.89. The molecule has 0 unspecified atom stereocenters. The molecule has 0 atom stereocenters. The van der Waals surface area contributed by atoms with Gasteiger partial charge in [0, 0.05) is 63.2 Å². The summed E-state index contributed by atoms with van der Waals surface area (Å²) in [7, 11) is 0. The van der Waals surface area contributed by atoms with Gasteiger partial charge in [0.2, 0.25) is 5.91 Å². The molecule has 0 bridgehead atoms. The summed E-state index contributed by atoms with van der Waals surface area (Å²) < 4.78 is 0. The van der Waals surface area contributed by atoms with Crippen LogP contribution >= 0.6 is 0 Å².